The van der Waals surface area contributed by atoms with Gasteiger partial charge in [0.2, 0.25) is 0 Å². The number of halogens is 1. The lowest BCUT2D eigenvalue weighted by Crippen LogP contribution is -2.07. The van der Waals surface area contributed by atoms with Crippen LogP contribution in [-0.4, -0.2) is 28.5 Å². The second-order valence-electron chi connectivity index (χ2n) is 5.75. The predicted molar refractivity (Wildman–Crippen MR) is 102 cm³/mol. The molecule has 0 aliphatic carbocycles. The molecule has 4 nitrogen and oxygen atoms in total. The number of aryl methyl sites for hydroxylation is 2. The van der Waals surface area contributed by atoms with Crippen LogP contribution < -0.4 is 5.32 Å². The number of nitrogens with zero attached hydrogens (tertiary/aromatic N) is 2. The summed E-state index contributed by atoms with van der Waals surface area (Å²) in [7, 11) is 0. The van der Waals surface area contributed by atoms with Crippen LogP contribution in [0.5, 0.6) is 0 Å². The van der Waals surface area contributed by atoms with Gasteiger partial charge in [0.15, 0.2) is 5.82 Å². The van der Waals surface area contributed by atoms with Crippen molar-refractivity contribution in [2.75, 3.05) is 18.5 Å². The van der Waals surface area contributed by atoms with Crippen molar-refractivity contribution in [3.8, 4) is 11.3 Å². The van der Waals surface area contributed by atoms with Gasteiger partial charge in [-0.15, -0.1) is 22.6 Å². The number of aromatic nitrogens is 2. The van der Waals surface area contributed by atoms with Crippen molar-refractivity contribution in [1.82, 2.24) is 10.2 Å². The minimum absolute atomic E-state index is 0. The maximum Gasteiger partial charge on any atom is 0.156 e. The maximum atomic E-state index is 8.92. The number of aliphatic hydroxyl groups is 1. The van der Waals surface area contributed by atoms with Crippen LogP contribution in [0.1, 0.15) is 17.5 Å². The molecule has 0 unspecified atom stereocenters. The fourth-order valence-electron chi connectivity index (χ4n) is 2.62. The molecule has 0 aliphatic heterocycles. The maximum absolute atomic E-state index is 8.92. The number of fused-ring (bicyclic) bond motifs is 1. The molecule has 3 aromatic rings. The van der Waals surface area contributed by atoms with Crippen molar-refractivity contribution < 1.29 is 5.11 Å². The van der Waals surface area contributed by atoms with Crippen molar-refractivity contribution in [1.29, 1.82) is 0 Å². The summed E-state index contributed by atoms with van der Waals surface area (Å²) in [6.07, 6.45) is 0.689. The Balaban J connectivity index is 0.00000208. The number of hydrogen-bond donors (Lipinski definition) is 2. The molecule has 0 bridgehead atoms. The third-order valence-electron chi connectivity index (χ3n) is 4.09. The summed E-state index contributed by atoms with van der Waals surface area (Å²) in [5, 5.41) is 23.1. The minimum Gasteiger partial charge on any atom is -0.396 e. The van der Waals surface area contributed by atoms with E-state index >= 15 is 0 Å². The first-order valence-corrected chi connectivity index (χ1v) is 7.88. The van der Waals surface area contributed by atoms with Crippen LogP contribution in [0, 0.1) is 13.8 Å². The standard InChI is InChI=1S/C19H21N3O.ClH/c1-13-8-9-15(12-14(13)2)18-16-6-3-4-7-17(16)19(22-21-18)20-10-5-11-23;/h3-4,6-9,12,23H,5,10-11H2,1-2H3,(H,20,22);1H. The summed E-state index contributed by atoms with van der Waals surface area (Å²) >= 11 is 0. The summed E-state index contributed by atoms with van der Waals surface area (Å²) < 4.78 is 0. The van der Waals surface area contributed by atoms with Gasteiger partial charge in [-0.1, -0.05) is 36.4 Å². The Kier molecular flexibility index (Phi) is 6.12. The number of nitrogens with one attached hydrogen (secondary N) is 1. The molecular formula is C19H22ClN3O. The fourth-order valence-corrected chi connectivity index (χ4v) is 2.62. The highest BCUT2D eigenvalue weighted by atomic mass is 35.5. The Morgan fingerprint density at radius 1 is 0.958 bits per heavy atom. The molecule has 1 aromatic heterocycles. The molecule has 0 saturated carbocycles. The Bertz CT molecular complexity index is 836. The van der Waals surface area contributed by atoms with E-state index in [1.54, 1.807) is 0 Å². The van der Waals surface area contributed by atoms with E-state index in [9.17, 15) is 0 Å². The van der Waals surface area contributed by atoms with Gasteiger partial charge in [0.1, 0.15) is 5.69 Å². The highest BCUT2D eigenvalue weighted by Crippen LogP contribution is 2.30. The molecule has 0 saturated heterocycles. The highest BCUT2D eigenvalue weighted by Gasteiger charge is 2.11. The Hall–Kier alpha value is -2.17. The third kappa shape index (κ3) is 3.66. The van der Waals surface area contributed by atoms with Crippen LogP contribution in [0.2, 0.25) is 0 Å². The molecule has 5 heteroatoms. The lowest BCUT2D eigenvalue weighted by atomic mass is 10.0. The zero-order valence-corrected chi connectivity index (χ0v) is 14.7. The first-order chi connectivity index (χ1) is 11.2. The summed E-state index contributed by atoms with van der Waals surface area (Å²) in [6.45, 7) is 5.06. The molecule has 0 fully saturated rings. The van der Waals surface area contributed by atoms with E-state index in [0.29, 0.717) is 13.0 Å². The van der Waals surface area contributed by atoms with Gasteiger partial charge in [-0.25, -0.2) is 0 Å². The average molecular weight is 344 g/mol. The summed E-state index contributed by atoms with van der Waals surface area (Å²) in [5.41, 5.74) is 4.50. The van der Waals surface area contributed by atoms with Crippen molar-refractivity contribution >= 4 is 29.0 Å². The molecule has 0 spiro atoms. The summed E-state index contributed by atoms with van der Waals surface area (Å²) in [6, 6.07) is 14.5. The van der Waals surface area contributed by atoms with Gasteiger partial charge in [0, 0.05) is 29.5 Å². The van der Waals surface area contributed by atoms with E-state index in [1.165, 1.54) is 11.1 Å². The molecule has 24 heavy (non-hydrogen) atoms. The van der Waals surface area contributed by atoms with Crippen molar-refractivity contribution in [2.45, 2.75) is 20.3 Å². The zero-order valence-electron chi connectivity index (χ0n) is 13.9. The van der Waals surface area contributed by atoms with E-state index in [0.717, 1.165) is 27.8 Å². The largest absolute Gasteiger partial charge is 0.396 e. The average Bonchev–Trinajstić information content (AvgIpc) is 2.58. The zero-order chi connectivity index (χ0) is 16.2. The molecule has 126 valence electrons. The number of anilines is 1. The van der Waals surface area contributed by atoms with E-state index in [-0.39, 0.29) is 19.0 Å². The monoisotopic (exact) mass is 343 g/mol. The van der Waals surface area contributed by atoms with Gasteiger partial charge in [0.05, 0.1) is 0 Å². The van der Waals surface area contributed by atoms with Crippen LogP contribution >= 0.6 is 12.4 Å². The number of aliphatic hydroxyl groups excluding tert-OH is 1. The second kappa shape index (κ2) is 8.08. The number of benzene rings is 2. The van der Waals surface area contributed by atoms with Gasteiger partial charge >= 0.3 is 0 Å². The van der Waals surface area contributed by atoms with Gasteiger partial charge in [-0.05, 0) is 37.5 Å². The van der Waals surface area contributed by atoms with Gasteiger partial charge < -0.3 is 10.4 Å². The molecule has 0 aliphatic rings. The summed E-state index contributed by atoms with van der Waals surface area (Å²) in [5.74, 6) is 0.765. The third-order valence-corrected chi connectivity index (χ3v) is 4.09. The molecule has 1 heterocycles. The smallest absolute Gasteiger partial charge is 0.156 e. The normalized spacial score (nSPS) is 10.5. The van der Waals surface area contributed by atoms with Gasteiger partial charge in [-0.3, -0.25) is 0 Å². The van der Waals surface area contributed by atoms with Gasteiger partial charge in [-0.2, -0.15) is 0 Å². The molecule has 0 amide bonds. The van der Waals surface area contributed by atoms with Crippen molar-refractivity contribution in [3.63, 3.8) is 0 Å². The lowest BCUT2D eigenvalue weighted by molar-refractivity contribution is 0.292. The number of rotatable bonds is 5. The van der Waals surface area contributed by atoms with Crippen LogP contribution in [0.3, 0.4) is 0 Å². The minimum atomic E-state index is 0. The fraction of sp³-hybridized carbons (Fsp3) is 0.263. The molecule has 0 atom stereocenters. The van der Waals surface area contributed by atoms with Crippen LogP contribution in [0.15, 0.2) is 42.5 Å². The predicted octanol–water partition coefficient (Wildman–Crippen LogP) is 4.13. The lowest BCUT2D eigenvalue weighted by Gasteiger charge is -2.11. The SMILES string of the molecule is Cc1ccc(-c2nnc(NCCCO)c3ccccc23)cc1C.Cl. The molecule has 2 aromatic carbocycles. The van der Waals surface area contributed by atoms with Crippen LogP contribution in [-0.2, 0) is 0 Å². The van der Waals surface area contributed by atoms with E-state index in [2.05, 4.69) is 59.7 Å². The van der Waals surface area contributed by atoms with E-state index in [4.69, 9.17) is 5.11 Å². The van der Waals surface area contributed by atoms with E-state index in [1.807, 2.05) is 12.1 Å². The van der Waals surface area contributed by atoms with Gasteiger partial charge in [0.25, 0.3) is 0 Å². The summed E-state index contributed by atoms with van der Waals surface area (Å²) in [4.78, 5) is 0. The first-order valence-electron chi connectivity index (χ1n) is 7.88. The van der Waals surface area contributed by atoms with E-state index < -0.39 is 0 Å². The first kappa shape index (κ1) is 18.2. The molecular weight excluding hydrogens is 322 g/mol. The van der Waals surface area contributed by atoms with Crippen molar-refractivity contribution in [2.24, 2.45) is 0 Å². The Morgan fingerprint density at radius 3 is 2.42 bits per heavy atom. The second-order valence-corrected chi connectivity index (χ2v) is 5.75. The molecule has 3 rings (SSSR count). The highest BCUT2D eigenvalue weighted by molar-refractivity contribution is 6.00. The topological polar surface area (TPSA) is 58.0 Å². The van der Waals surface area contributed by atoms with Crippen LogP contribution in [0.4, 0.5) is 5.82 Å². The quantitative estimate of drug-likeness (QED) is 0.684. The van der Waals surface area contributed by atoms with Crippen LogP contribution in [0.25, 0.3) is 22.0 Å². The number of hydrogen-bond acceptors (Lipinski definition) is 4. The van der Waals surface area contributed by atoms with Crippen molar-refractivity contribution in [3.05, 3.63) is 53.6 Å². The molecule has 2 N–H and O–H groups in total. The molecule has 0 radical (unpaired) electrons. The Labute approximate surface area is 148 Å². The Morgan fingerprint density at radius 2 is 1.71 bits per heavy atom.